The zero-order chi connectivity index (χ0) is 12.7. The third kappa shape index (κ3) is 1.97. The number of thiophene rings is 1. The molecule has 0 unspecified atom stereocenters. The average molecular weight is 261 g/mol. The van der Waals surface area contributed by atoms with E-state index in [1.54, 1.807) is 17.6 Å². The van der Waals surface area contributed by atoms with Crippen LogP contribution >= 0.6 is 11.3 Å². The highest BCUT2D eigenvalue weighted by atomic mass is 32.1. The van der Waals surface area contributed by atoms with E-state index in [1.807, 2.05) is 13.8 Å². The molecule has 0 radical (unpaired) electrons. The zero-order valence-corrected chi connectivity index (χ0v) is 11.2. The van der Waals surface area contributed by atoms with Crippen LogP contribution in [-0.2, 0) is 0 Å². The fourth-order valence-electron chi connectivity index (χ4n) is 2.17. The van der Waals surface area contributed by atoms with Gasteiger partial charge in [-0.25, -0.2) is 0 Å². The summed E-state index contributed by atoms with van der Waals surface area (Å²) in [5.41, 5.74) is 3.28. The highest BCUT2D eigenvalue weighted by Crippen LogP contribution is 2.41. The number of nitrogens with one attached hydrogen (secondary N) is 1. The Morgan fingerprint density at radius 3 is 2.94 bits per heavy atom. The van der Waals surface area contributed by atoms with Crippen molar-refractivity contribution in [2.24, 2.45) is 0 Å². The van der Waals surface area contributed by atoms with E-state index in [4.69, 9.17) is 4.42 Å². The van der Waals surface area contributed by atoms with Crippen LogP contribution in [0, 0.1) is 13.8 Å². The van der Waals surface area contributed by atoms with Gasteiger partial charge in [-0.05, 0) is 48.2 Å². The van der Waals surface area contributed by atoms with Gasteiger partial charge in [-0.15, -0.1) is 0 Å². The second kappa shape index (κ2) is 4.28. The summed E-state index contributed by atoms with van der Waals surface area (Å²) in [6.07, 6.45) is 2.66. The topological polar surface area (TPSA) is 42.2 Å². The molecule has 2 heterocycles. The van der Waals surface area contributed by atoms with Crippen LogP contribution in [0.5, 0.6) is 0 Å². The van der Waals surface area contributed by atoms with Gasteiger partial charge in [0.05, 0.1) is 6.26 Å². The van der Waals surface area contributed by atoms with Crippen molar-refractivity contribution in [1.82, 2.24) is 5.32 Å². The molecule has 94 valence electrons. The molecule has 2 aromatic heterocycles. The molecule has 2 aromatic rings. The van der Waals surface area contributed by atoms with E-state index in [0.717, 1.165) is 17.5 Å². The monoisotopic (exact) mass is 261 g/mol. The lowest BCUT2D eigenvalue weighted by Crippen LogP contribution is -2.26. The van der Waals surface area contributed by atoms with Crippen LogP contribution in [0.2, 0.25) is 0 Å². The first-order valence-corrected chi connectivity index (χ1v) is 6.98. The standard InChI is InChI=1S/C14H15NO2S/c1-8-6-17-13(9(8)2)14(16)15-12-5-11(12)10-3-4-18-7-10/h3-4,6-7,11-12H,5H2,1-2H3,(H,15,16)/t11-,12+/m0/s1. The molecule has 3 nitrogen and oxygen atoms in total. The maximum absolute atomic E-state index is 12.0. The molecule has 0 spiro atoms. The van der Waals surface area contributed by atoms with Gasteiger partial charge in [-0.2, -0.15) is 11.3 Å². The van der Waals surface area contributed by atoms with Gasteiger partial charge in [0.15, 0.2) is 5.76 Å². The van der Waals surface area contributed by atoms with Gasteiger partial charge in [-0.1, -0.05) is 0 Å². The van der Waals surface area contributed by atoms with E-state index < -0.39 is 0 Å². The Balaban J connectivity index is 1.65. The van der Waals surface area contributed by atoms with Crippen LogP contribution < -0.4 is 5.32 Å². The van der Waals surface area contributed by atoms with Crippen molar-refractivity contribution in [3.63, 3.8) is 0 Å². The number of aryl methyl sites for hydroxylation is 1. The van der Waals surface area contributed by atoms with Crippen LogP contribution in [0.3, 0.4) is 0 Å². The Hall–Kier alpha value is -1.55. The number of carbonyl (C=O) groups is 1. The minimum Gasteiger partial charge on any atom is -0.459 e. The quantitative estimate of drug-likeness (QED) is 0.921. The number of hydrogen-bond acceptors (Lipinski definition) is 3. The molecule has 3 rings (SSSR count). The summed E-state index contributed by atoms with van der Waals surface area (Å²) in [6.45, 7) is 3.86. The lowest BCUT2D eigenvalue weighted by Gasteiger charge is -2.02. The Morgan fingerprint density at radius 2 is 2.33 bits per heavy atom. The maximum atomic E-state index is 12.0. The summed E-state index contributed by atoms with van der Waals surface area (Å²) in [6, 6.07) is 2.39. The highest BCUT2D eigenvalue weighted by molar-refractivity contribution is 7.08. The van der Waals surface area contributed by atoms with E-state index in [2.05, 4.69) is 22.1 Å². The van der Waals surface area contributed by atoms with Gasteiger partial charge in [0.2, 0.25) is 0 Å². The van der Waals surface area contributed by atoms with Crippen molar-refractivity contribution < 1.29 is 9.21 Å². The third-order valence-corrected chi connectivity index (χ3v) is 4.27. The molecule has 2 atom stereocenters. The van der Waals surface area contributed by atoms with Crippen molar-refractivity contribution >= 4 is 17.2 Å². The van der Waals surface area contributed by atoms with Gasteiger partial charge < -0.3 is 9.73 Å². The predicted octanol–water partition coefficient (Wildman–Crippen LogP) is 3.24. The first-order chi connectivity index (χ1) is 8.66. The number of amides is 1. The third-order valence-electron chi connectivity index (χ3n) is 3.57. The summed E-state index contributed by atoms with van der Waals surface area (Å²) >= 11 is 1.70. The van der Waals surface area contributed by atoms with E-state index in [1.165, 1.54) is 5.56 Å². The van der Waals surface area contributed by atoms with Crippen LogP contribution in [0.1, 0.15) is 39.6 Å². The smallest absolute Gasteiger partial charge is 0.287 e. The molecule has 4 heteroatoms. The van der Waals surface area contributed by atoms with Gasteiger partial charge >= 0.3 is 0 Å². The van der Waals surface area contributed by atoms with Gasteiger partial charge in [-0.3, -0.25) is 4.79 Å². The molecule has 0 aromatic carbocycles. The first-order valence-electron chi connectivity index (χ1n) is 6.04. The largest absolute Gasteiger partial charge is 0.459 e. The molecule has 1 saturated carbocycles. The summed E-state index contributed by atoms with van der Waals surface area (Å²) in [7, 11) is 0. The second-order valence-electron chi connectivity index (χ2n) is 4.85. The molecule has 1 N–H and O–H groups in total. The minimum absolute atomic E-state index is 0.0941. The van der Waals surface area contributed by atoms with Crippen molar-refractivity contribution in [3.05, 3.63) is 45.5 Å². The van der Waals surface area contributed by atoms with Crippen LogP contribution in [0.25, 0.3) is 0 Å². The predicted molar refractivity (Wildman–Crippen MR) is 71.1 cm³/mol. The normalized spacial score (nSPS) is 21.9. The molecule has 1 aliphatic carbocycles. The molecular weight excluding hydrogens is 246 g/mol. The molecule has 1 amide bonds. The number of rotatable bonds is 3. The minimum atomic E-state index is -0.0941. The van der Waals surface area contributed by atoms with Gasteiger partial charge in [0.1, 0.15) is 0 Å². The van der Waals surface area contributed by atoms with Gasteiger partial charge in [0.25, 0.3) is 5.91 Å². The van der Waals surface area contributed by atoms with E-state index in [9.17, 15) is 4.79 Å². The van der Waals surface area contributed by atoms with E-state index in [0.29, 0.717) is 11.7 Å². The SMILES string of the molecule is Cc1coc(C(=O)N[C@@H]2C[C@H]2c2ccsc2)c1C. The van der Waals surface area contributed by atoms with Crippen molar-refractivity contribution in [2.75, 3.05) is 0 Å². The van der Waals surface area contributed by atoms with Crippen molar-refractivity contribution in [3.8, 4) is 0 Å². The van der Waals surface area contributed by atoms with E-state index >= 15 is 0 Å². The summed E-state index contributed by atoms with van der Waals surface area (Å²) < 4.78 is 5.30. The summed E-state index contributed by atoms with van der Waals surface area (Å²) in [5, 5.41) is 7.26. The Morgan fingerprint density at radius 1 is 1.50 bits per heavy atom. The van der Waals surface area contributed by atoms with Gasteiger partial charge in [0, 0.05) is 17.5 Å². The average Bonchev–Trinajstić information content (AvgIpc) is 2.77. The fourth-order valence-corrected chi connectivity index (χ4v) is 2.89. The van der Waals surface area contributed by atoms with Crippen molar-refractivity contribution in [1.29, 1.82) is 0 Å². The van der Waals surface area contributed by atoms with Crippen LogP contribution in [0.4, 0.5) is 0 Å². The fraction of sp³-hybridized carbons (Fsp3) is 0.357. The first kappa shape index (κ1) is 11.5. The number of hydrogen-bond donors (Lipinski definition) is 1. The molecule has 18 heavy (non-hydrogen) atoms. The highest BCUT2D eigenvalue weighted by Gasteiger charge is 2.40. The molecule has 1 fully saturated rings. The Labute approximate surface area is 110 Å². The van der Waals surface area contributed by atoms with Crippen LogP contribution in [0.15, 0.2) is 27.5 Å². The number of carbonyl (C=O) groups excluding carboxylic acids is 1. The molecule has 0 aliphatic heterocycles. The molecule has 0 saturated heterocycles. The molecule has 1 aliphatic rings. The maximum Gasteiger partial charge on any atom is 0.287 e. The molecule has 0 bridgehead atoms. The summed E-state index contributed by atoms with van der Waals surface area (Å²) in [5.74, 6) is 0.836. The lowest BCUT2D eigenvalue weighted by molar-refractivity contribution is 0.0921. The molecular formula is C14H15NO2S. The Bertz CT molecular complexity index is 571. The lowest BCUT2D eigenvalue weighted by atomic mass is 10.2. The second-order valence-corrected chi connectivity index (χ2v) is 5.63. The zero-order valence-electron chi connectivity index (χ0n) is 10.4. The van der Waals surface area contributed by atoms with Crippen LogP contribution in [-0.4, -0.2) is 11.9 Å². The van der Waals surface area contributed by atoms with Crippen molar-refractivity contribution in [2.45, 2.75) is 32.2 Å². The number of furan rings is 1. The Kier molecular flexibility index (Phi) is 2.74. The van der Waals surface area contributed by atoms with E-state index in [-0.39, 0.29) is 11.9 Å². The summed E-state index contributed by atoms with van der Waals surface area (Å²) in [4.78, 5) is 12.0.